The van der Waals surface area contributed by atoms with Gasteiger partial charge >= 0.3 is 0 Å². The molecule has 0 aliphatic carbocycles. The average molecular weight is 697 g/mol. The summed E-state index contributed by atoms with van der Waals surface area (Å²) in [6.45, 7) is 6.65. The molecule has 3 fully saturated rings. The molecule has 0 bridgehead atoms. The molecule has 0 radical (unpaired) electrons. The molecule has 4 amide bonds. The van der Waals surface area contributed by atoms with E-state index in [2.05, 4.69) is 60.3 Å². The number of benzene rings is 2. The summed E-state index contributed by atoms with van der Waals surface area (Å²) in [5.41, 5.74) is 5.99. The summed E-state index contributed by atoms with van der Waals surface area (Å²) < 4.78 is 0. The van der Waals surface area contributed by atoms with Crippen LogP contribution in [-0.4, -0.2) is 100 Å². The average Bonchev–Trinajstić information content (AvgIpc) is 3.67. The number of hydrogen-bond acceptors (Lipinski definition) is 9. The van der Waals surface area contributed by atoms with Crippen molar-refractivity contribution in [3.8, 4) is 11.1 Å². The molecule has 1 atom stereocenters. The van der Waals surface area contributed by atoms with E-state index in [1.165, 1.54) is 11.8 Å². The Labute approximate surface area is 300 Å². The molecule has 4 aliphatic heterocycles. The molecular weight excluding hydrogens is 656 g/mol. The van der Waals surface area contributed by atoms with E-state index in [9.17, 15) is 19.2 Å². The molecule has 2 N–H and O–H groups in total. The second-order valence-corrected chi connectivity index (χ2v) is 14.4. The first-order chi connectivity index (χ1) is 25.4. The molecule has 2 aromatic carbocycles. The molecule has 12 nitrogen and oxygen atoms in total. The zero-order chi connectivity index (χ0) is 35.3. The first-order valence-corrected chi connectivity index (χ1v) is 18.3. The number of piperazine rings is 1. The van der Waals surface area contributed by atoms with Gasteiger partial charge in [-0.2, -0.15) is 0 Å². The molecule has 0 spiro atoms. The van der Waals surface area contributed by atoms with Crippen molar-refractivity contribution in [3.63, 3.8) is 0 Å². The number of nitrogens with one attached hydrogen (secondary N) is 2. The number of nitrogens with zero attached hydrogens (tertiary/aromatic N) is 6. The topological polar surface area (TPSA) is 135 Å². The van der Waals surface area contributed by atoms with E-state index in [4.69, 9.17) is 4.98 Å². The van der Waals surface area contributed by atoms with Gasteiger partial charge in [0, 0.05) is 97.3 Å². The highest BCUT2D eigenvalue weighted by molar-refractivity contribution is 6.23. The predicted octanol–water partition coefficient (Wildman–Crippen LogP) is 4.61. The van der Waals surface area contributed by atoms with Crippen molar-refractivity contribution in [2.24, 2.45) is 5.92 Å². The zero-order valence-corrected chi connectivity index (χ0v) is 28.9. The number of amides is 4. The maximum atomic E-state index is 13.3. The van der Waals surface area contributed by atoms with Crippen LogP contribution in [0.25, 0.3) is 32.9 Å². The number of aromatic nitrogens is 3. The van der Waals surface area contributed by atoms with Crippen LogP contribution in [0.5, 0.6) is 0 Å². The lowest BCUT2D eigenvalue weighted by Crippen LogP contribution is -2.54. The van der Waals surface area contributed by atoms with E-state index in [-0.39, 0.29) is 18.7 Å². The van der Waals surface area contributed by atoms with Crippen LogP contribution in [0, 0.1) is 5.92 Å². The van der Waals surface area contributed by atoms with E-state index in [0.717, 1.165) is 103 Å². The fraction of sp³-hybridized carbons (Fsp3) is 0.350. The van der Waals surface area contributed by atoms with Crippen molar-refractivity contribution in [3.05, 3.63) is 84.3 Å². The quantitative estimate of drug-likeness (QED) is 0.234. The van der Waals surface area contributed by atoms with Gasteiger partial charge in [0.2, 0.25) is 11.8 Å². The molecule has 9 rings (SSSR count). The number of pyridine rings is 2. The third-order valence-corrected chi connectivity index (χ3v) is 11.4. The van der Waals surface area contributed by atoms with E-state index in [0.29, 0.717) is 17.0 Å². The molecule has 4 aliphatic rings. The Morgan fingerprint density at radius 2 is 1.52 bits per heavy atom. The lowest BCUT2D eigenvalue weighted by Gasteiger charge is -2.38. The van der Waals surface area contributed by atoms with Gasteiger partial charge in [0.05, 0.1) is 11.1 Å². The molecule has 264 valence electrons. The number of rotatable bonds is 7. The van der Waals surface area contributed by atoms with Gasteiger partial charge in [-0.25, -0.2) is 4.98 Å². The molecule has 52 heavy (non-hydrogen) atoms. The minimum absolute atomic E-state index is 0.107. The minimum atomic E-state index is -0.954. The molecule has 3 saturated heterocycles. The smallest absolute Gasteiger partial charge is 0.262 e. The molecule has 0 saturated carbocycles. The SMILES string of the molecule is O=C1CCC(N2C(=O)c3ccc(N4CCN(CCC5CCN(c6ccc(-c7ccc8c(c7)[nH]c7ccncc78)cn6)CC5)CC4)cc3C2=O)C(=O)N1. The summed E-state index contributed by atoms with van der Waals surface area (Å²) in [4.78, 5) is 71.2. The van der Waals surface area contributed by atoms with Crippen molar-refractivity contribution in [2.45, 2.75) is 38.1 Å². The standard InChI is InChI=1S/C40H40N8O4/c49-37-8-6-35(38(50)44-37)48-39(51)30-5-3-28(22-31(30)40(48)52)46-19-17-45(18-20-46)14-10-25-11-15-47(16-12-25)36-7-2-27(23-42-36)26-1-4-29-32-24-41-13-9-33(32)43-34(29)21-26/h1-5,7,9,13,21-25,35,43H,6,8,10-12,14-20H2,(H,44,49,50). The summed E-state index contributed by atoms with van der Waals surface area (Å²) >= 11 is 0. The molecular formula is C40H40N8O4. The first kappa shape index (κ1) is 32.3. The third kappa shape index (κ3) is 5.86. The molecule has 7 heterocycles. The minimum Gasteiger partial charge on any atom is -0.369 e. The van der Waals surface area contributed by atoms with E-state index in [1.807, 2.05) is 30.7 Å². The van der Waals surface area contributed by atoms with Gasteiger partial charge in [-0.3, -0.25) is 39.3 Å². The Hall–Kier alpha value is -5.62. The fourth-order valence-electron chi connectivity index (χ4n) is 8.37. The number of hydrogen-bond donors (Lipinski definition) is 2. The predicted molar refractivity (Wildman–Crippen MR) is 198 cm³/mol. The van der Waals surface area contributed by atoms with Crippen LogP contribution >= 0.6 is 0 Å². The molecule has 12 heteroatoms. The Morgan fingerprint density at radius 3 is 2.31 bits per heavy atom. The number of carbonyl (C=O) groups is 4. The number of H-pyrrole nitrogens is 1. The lowest BCUT2D eigenvalue weighted by molar-refractivity contribution is -0.136. The van der Waals surface area contributed by atoms with Gasteiger partial charge in [-0.15, -0.1) is 0 Å². The van der Waals surface area contributed by atoms with Crippen LogP contribution < -0.4 is 15.1 Å². The number of imide groups is 2. The van der Waals surface area contributed by atoms with Gasteiger partial charge in [-0.05, 0) is 86.2 Å². The Morgan fingerprint density at radius 1 is 0.712 bits per heavy atom. The maximum absolute atomic E-state index is 13.3. The summed E-state index contributed by atoms with van der Waals surface area (Å²) in [5.74, 6) is -0.177. The highest BCUT2D eigenvalue weighted by Gasteiger charge is 2.44. The van der Waals surface area contributed by atoms with Gasteiger partial charge in [0.25, 0.3) is 11.8 Å². The number of carbonyl (C=O) groups excluding carboxylic acids is 4. The normalized spacial score (nSPS) is 20.3. The van der Waals surface area contributed by atoms with Crippen molar-refractivity contribution < 1.29 is 19.2 Å². The molecule has 1 unspecified atom stereocenters. The zero-order valence-electron chi connectivity index (χ0n) is 28.9. The van der Waals surface area contributed by atoms with Crippen LogP contribution in [0.1, 0.15) is 52.8 Å². The van der Waals surface area contributed by atoms with Crippen molar-refractivity contribution >= 4 is 56.9 Å². The van der Waals surface area contributed by atoms with E-state index < -0.39 is 23.8 Å². The van der Waals surface area contributed by atoms with Crippen LogP contribution in [0.2, 0.25) is 0 Å². The Kier molecular flexibility index (Phi) is 8.18. The second-order valence-electron chi connectivity index (χ2n) is 14.4. The van der Waals surface area contributed by atoms with Gasteiger partial charge in [-0.1, -0.05) is 12.1 Å². The van der Waals surface area contributed by atoms with Gasteiger partial charge in [0.1, 0.15) is 11.9 Å². The number of piperidine rings is 2. The van der Waals surface area contributed by atoms with E-state index >= 15 is 0 Å². The number of aromatic amines is 1. The van der Waals surface area contributed by atoms with Crippen molar-refractivity contribution in [2.75, 3.05) is 55.6 Å². The number of fused-ring (bicyclic) bond motifs is 4. The Balaban J connectivity index is 0.745. The summed E-state index contributed by atoms with van der Waals surface area (Å²) in [6.07, 6.45) is 9.46. The molecule has 3 aromatic heterocycles. The van der Waals surface area contributed by atoms with Crippen LogP contribution in [0.15, 0.2) is 73.2 Å². The van der Waals surface area contributed by atoms with Crippen LogP contribution in [-0.2, 0) is 9.59 Å². The summed E-state index contributed by atoms with van der Waals surface area (Å²) in [6, 6.07) is 17.3. The third-order valence-electron chi connectivity index (χ3n) is 11.4. The summed E-state index contributed by atoms with van der Waals surface area (Å²) in [7, 11) is 0. The van der Waals surface area contributed by atoms with E-state index in [1.54, 1.807) is 12.1 Å². The maximum Gasteiger partial charge on any atom is 0.262 e. The monoisotopic (exact) mass is 696 g/mol. The Bertz CT molecular complexity index is 2220. The van der Waals surface area contributed by atoms with Crippen molar-refractivity contribution in [1.82, 2.24) is 30.1 Å². The van der Waals surface area contributed by atoms with Gasteiger partial charge in [0.15, 0.2) is 0 Å². The number of anilines is 2. The van der Waals surface area contributed by atoms with Crippen LogP contribution in [0.4, 0.5) is 11.5 Å². The highest BCUT2D eigenvalue weighted by Crippen LogP contribution is 2.33. The summed E-state index contributed by atoms with van der Waals surface area (Å²) in [5, 5.41) is 4.57. The fourth-order valence-corrected chi connectivity index (χ4v) is 8.37. The lowest BCUT2D eigenvalue weighted by atomic mass is 9.93. The molecule has 5 aromatic rings. The first-order valence-electron chi connectivity index (χ1n) is 18.3. The van der Waals surface area contributed by atoms with Crippen LogP contribution in [0.3, 0.4) is 0 Å². The van der Waals surface area contributed by atoms with Gasteiger partial charge < -0.3 is 14.8 Å². The largest absolute Gasteiger partial charge is 0.369 e. The highest BCUT2D eigenvalue weighted by atomic mass is 16.2. The van der Waals surface area contributed by atoms with Crippen molar-refractivity contribution in [1.29, 1.82) is 0 Å². The second kappa shape index (κ2) is 13.2.